The molecule has 0 bridgehead atoms. The van der Waals surface area contributed by atoms with Crippen LogP contribution in [-0.4, -0.2) is 10.5 Å². The van der Waals surface area contributed by atoms with E-state index in [-0.39, 0.29) is 17.3 Å². The highest BCUT2D eigenvalue weighted by Gasteiger charge is 2.13. The molecule has 1 amide bonds. The molecule has 0 aliphatic rings. The van der Waals surface area contributed by atoms with Gasteiger partial charge in [0.25, 0.3) is 0 Å². The summed E-state index contributed by atoms with van der Waals surface area (Å²) in [4.78, 5) is 24.3. The first-order valence-electron chi connectivity index (χ1n) is 7.91. The van der Waals surface area contributed by atoms with Crippen LogP contribution in [0.5, 0.6) is 0 Å². The number of nitrogens with two attached hydrogens (primary N) is 1. The van der Waals surface area contributed by atoms with Crippen LogP contribution in [0.4, 0.5) is 5.69 Å². The molecule has 0 saturated carbocycles. The van der Waals surface area contributed by atoms with E-state index >= 15 is 0 Å². The second-order valence-corrected chi connectivity index (χ2v) is 6.61. The fraction of sp³-hybridized carbons (Fsp3) is 0.158. The molecule has 0 saturated heterocycles. The number of aromatic nitrogens is 1. The lowest BCUT2D eigenvalue weighted by Crippen LogP contribution is -2.25. The lowest BCUT2D eigenvalue weighted by molar-refractivity contribution is -0.116. The number of carbonyl (C=O) groups is 1. The molecule has 1 aromatic heterocycles. The highest BCUT2D eigenvalue weighted by Crippen LogP contribution is 2.20. The van der Waals surface area contributed by atoms with Gasteiger partial charge in [0.05, 0.1) is 5.69 Å². The summed E-state index contributed by atoms with van der Waals surface area (Å²) >= 11 is 1.10. The van der Waals surface area contributed by atoms with E-state index in [4.69, 9.17) is 5.73 Å². The predicted molar refractivity (Wildman–Crippen MR) is 102 cm³/mol. The zero-order valence-corrected chi connectivity index (χ0v) is 14.7. The minimum Gasteiger partial charge on any atom is -0.326 e. The van der Waals surface area contributed by atoms with Gasteiger partial charge in [-0.25, -0.2) is 0 Å². The molecule has 0 fully saturated rings. The molecule has 1 heterocycles. The Labute approximate surface area is 149 Å². The van der Waals surface area contributed by atoms with Crippen molar-refractivity contribution in [1.82, 2.24) is 4.57 Å². The number of anilines is 1. The van der Waals surface area contributed by atoms with Crippen LogP contribution in [0.25, 0.3) is 11.3 Å². The average molecular weight is 353 g/mol. The highest BCUT2D eigenvalue weighted by atomic mass is 32.1. The molecular formula is C19H19N3O2S. The van der Waals surface area contributed by atoms with Crippen LogP contribution in [0.2, 0.25) is 0 Å². The quantitative estimate of drug-likeness (QED) is 0.740. The summed E-state index contributed by atoms with van der Waals surface area (Å²) in [5.74, 6) is -0.241. The molecule has 25 heavy (non-hydrogen) atoms. The second-order valence-electron chi connectivity index (χ2n) is 5.79. The molecule has 5 nitrogen and oxygen atoms in total. The number of aryl methyl sites for hydroxylation is 1. The van der Waals surface area contributed by atoms with Crippen molar-refractivity contribution < 1.29 is 4.79 Å². The molecule has 3 aromatic rings. The van der Waals surface area contributed by atoms with E-state index in [1.165, 1.54) is 4.57 Å². The minimum atomic E-state index is -0.241. The summed E-state index contributed by atoms with van der Waals surface area (Å²) in [6.07, 6.45) is 0. The molecule has 3 rings (SSSR count). The van der Waals surface area contributed by atoms with Crippen LogP contribution >= 0.6 is 11.3 Å². The smallest absolute Gasteiger partial charge is 0.308 e. The lowest BCUT2D eigenvalue weighted by Gasteiger charge is -2.09. The van der Waals surface area contributed by atoms with Crippen LogP contribution in [0.15, 0.2) is 58.7 Å². The van der Waals surface area contributed by atoms with Gasteiger partial charge >= 0.3 is 4.87 Å². The fourth-order valence-corrected chi connectivity index (χ4v) is 3.26. The van der Waals surface area contributed by atoms with Crippen LogP contribution in [0, 0.1) is 6.92 Å². The molecule has 3 N–H and O–H groups in total. The molecule has 0 spiro atoms. The molecule has 0 atom stereocenters. The number of nitrogens with one attached hydrogen (secondary N) is 1. The van der Waals surface area contributed by atoms with Crippen LogP contribution in [0.1, 0.15) is 11.1 Å². The van der Waals surface area contributed by atoms with Crippen LogP contribution in [-0.2, 0) is 17.9 Å². The molecule has 2 aromatic carbocycles. The Morgan fingerprint density at radius 3 is 2.44 bits per heavy atom. The van der Waals surface area contributed by atoms with Gasteiger partial charge < -0.3 is 11.1 Å². The third-order valence-corrected chi connectivity index (χ3v) is 4.67. The SMILES string of the molecule is Cc1ccc(-c2csc(=O)n2CC(=O)Nc2ccc(CN)cc2)cc1. The van der Waals surface area contributed by atoms with Crippen LogP contribution < -0.4 is 15.9 Å². The van der Waals surface area contributed by atoms with Gasteiger partial charge in [0, 0.05) is 17.6 Å². The first kappa shape index (κ1) is 17.1. The Balaban J connectivity index is 1.78. The van der Waals surface area contributed by atoms with Gasteiger partial charge in [0.2, 0.25) is 5.91 Å². The fourth-order valence-electron chi connectivity index (χ4n) is 2.50. The standard InChI is InChI=1S/C19H19N3O2S/c1-13-2-6-15(7-3-13)17-12-25-19(24)22(17)11-18(23)21-16-8-4-14(10-20)5-9-16/h2-9,12H,10-11,20H2,1H3,(H,21,23). The maximum atomic E-state index is 12.3. The van der Waals surface area contributed by atoms with Crippen molar-refractivity contribution in [3.63, 3.8) is 0 Å². The average Bonchev–Trinajstić information content (AvgIpc) is 2.97. The van der Waals surface area contributed by atoms with Crippen molar-refractivity contribution in [2.45, 2.75) is 20.0 Å². The Hall–Kier alpha value is -2.70. The van der Waals surface area contributed by atoms with Gasteiger partial charge in [0.1, 0.15) is 6.54 Å². The summed E-state index contributed by atoms with van der Waals surface area (Å²) in [5.41, 5.74) is 10.1. The summed E-state index contributed by atoms with van der Waals surface area (Å²) in [5, 5.41) is 4.60. The van der Waals surface area contributed by atoms with Crippen molar-refractivity contribution in [3.8, 4) is 11.3 Å². The maximum Gasteiger partial charge on any atom is 0.308 e. The van der Waals surface area contributed by atoms with E-state index in [0.717, 1.165) is 33.7 Å². The molecule has 0 aliphatic heterocycles. The van der Waals surface area contributed by atoms with Crippen molar-refractivity contribution in [1.29, 1.82) is 0 Å². The van der Waals surface area contributed by atoms with Crippen molar-refractivity contribution >= 4 is 22.9 Å². The molecule has 0 aliphatic carbocycles. The number of nitrogens with zero attached hydrogens (tertiary/aromatic N) is 1. The van der Waals surface area contributed by atoms with Gasteiger partial charge in [0.15, 0.2) is 0 Å². The summed E-state index contributed by atoms with van der Waals surface area (Å²) in [7, 11) is 0. The Bertz CT molecular complexity index is 925. The van der Waals surface area contributed by atoms with E-state index < -0.39 is 0 Å². The van der Waals surface area contributed by atoms with E-state index in [9.17, 15) is 9.59 Å². The predicted octanol–water partition coefficient (Wildman–Crippen LogP) is 2.98. The number of hydrogen-bond acceptors (Lipinski definition) is 4. The number of benzene rings is 2. The molecule has 128 valence electrons. The van der Waals surface area contributed by atoms with Crippen molar-refractivity contribution in [3.05, 3.63) is 74.7 Å². The number of hydrogen-bond donors (Lipinski definition) is 2. The van der Waals surface area contributed by atoms with E-state index in [2.05, 4.69) is 5.32 Å². The zero-order chi connectivity index (χ0) is 17.8. The third-order valence-electron chi connectivity index (χ3n) is 3.91. The van der Waals surface area contributed by atoms with Crippen molar-refractivity contribution in [2.75, 3.05) is 5.32 Å². The normalized spacial score (nSPS) is 10.6. The van der Waals surface area contributed by atoms with Gasteiger partial charge in [-0.15, -0.1) is 0 Å². The van der Waals surface area contributed by atoms with Gasteiger partial charge in [-0.2, -0.15) is 0 Å². The number of thiazole rings is 1. The van der Waals surface area contributed by atoms with Crippen LogP contribution in [0.3, 0.4) is 0 Å². The van der Waals surface area contributed by atoms with E-state index in [1.54, 1.807) is 17.5 Å². The number of carbonyl (C=O) groups excluding carboxylic acids is 1. The van der Waals surface area contributed by atoms with E-state index in [0.29, 0.717) is 12.2 Å². The Morgan fingerprint density at radius 1 is 1.12 bits per heavy atom. The minimum absolute atomic E-state index is 0.0236. The first-order chi connectivity index (χ1) is 12.1. The van der Waals surface area contributed by atoms with Gasteiger partial charge in [-0.1, -0.05) is 53.3 Å². The van der Waals surface area contributed by atoms with Crippen molar-refractivity contribution in [2.24, 2.45) is 5.73 Å². The molecule has 0 unspecified atom stereocenters. The zero-order valence-electron chi connectivity index (χ0n) is 13.9. The first-order valence-corrected chi connectivity index (χ1v) is 8.79. The Kier molecular flexibility index (Phi) is 5.11. The summed E-state index contributed by atoms with van der Waals surface area (Å²) < 4.78 is 1.50. The summed E-state index contributed by atoms with van der Waals surface area (Å²) in [6, 6.07) is 15.2. The highest BCUT2D eigenvalue weighted by molar-refractivity contribution is 7.07. The number of amides is 1. The molecule has 0 radical (unpaired) electrons. The van der Waals surface area contributed by atoms with Gasteiger partial charge in [-0.3, -0.25) is 14.2 Å². The second kappa shape index (κ2) is 7.46. The molecule has 6 heteroatoms. The largest absolute Gasteiger partial charge is 0.326 e. The third kappa shape index (κ3) is 4.04. The topological polar surface area (TPSA) is 77.1 Å². The van der Waals surface area contributed by atoms with E-state index in [1.807, 2.05) is 43.3 Å². The number of rotatable bonds is 5. The molecular weight excluding hydrogens is 334 g/mol. The monoisotopic (exact) mass is 353 g/mol. The van der Waals surface area contributed by atoms with Gasteiger partial charge in [-0.05, 0) is 30.2 Å². The lowest BCUT2D eigenvalue weighted by atomic mass is 10.1. The maximum absolute atomic E-state index is 12.3. The summed E-state index contributed by atoms with van der Waals surface area (Å²) in [6.45, 7) is 2.44. The Morgan fingerprint density at radius 2 is 1.80 bits per heavy atom.